The first-order chi connectivity index (χ1) is 10.2. The number of rotatable bonds is 0. The summed E-state index contributed by atoms with van der Waals surface area (Å²) in [5.41, 5.74) is 5.32. The lowest BCUT2D eigenvalue weighted by Crippen LogP contribution is -2.39. The predicted molar refractivity (Wildman–Crippen MR) is 107 cm³/mol. The molecule has 0 saturated heterocycles. The van der Waals surface area contributed by atoms with Crippen LogP contribution in [0, 0.1) is 0 Å². The summed E-state index contributed by atoms with van der Waals surface area (Å²) in [7, 11) is 11.8. The Balaban J connectivity index is 2.38. The third kappa shape index (κ3) is 1.84. The van der Waals surface area contributed by atoms with Gasteiger partial charge in [-0.3, -0.25) is 0 Å². The van der Waals surface area contributed by atoms with Gasteiger partial charge in [0.2, 0.25) is 0 Å². The van der Waals surface area contributed by atoms with E-state index in [1.54, 1.807) is 0 Å². The smallest absolute Gasteiger partial charge is 0.149 e. The van der Waals surface area contributed by atoms with Gasteiger partial charge in [-0.05, 0) is 38.2 Å². The number of fused-ring (bicyclic) bond motifs is 2. The number of ether oxygens (including phenoxy) is 1. The van der Waals surface area contributed by atoms with E-state index in [1.807, 2.05) is 43.5 Å². The second-order valence-corrected chi connectivity index (χ2v) is 6.81. The first kappa shape index (κ1) is 15.1. The molecule has 104 valence electrons. The molecule has 0 aliphatic carbocycles. The molecule has 0 amide bonds. The van der Waals surface area contributed by atoms with Crippen LogP contribution in [0.15, 0.2) is 12.1 Å². The Hall–Kier alpha value is -1.77. The Kier molecular flexibility index (Phi) is 3.17. The van der Waals surface area contributed by atoms with Gasteiger partial charge in [0.25, 0.3) is 0 Å². The molecule has 1 heterocycles. The number of hydrogen-bond donors (Lipinski definition) is 2. The van der Waals surface area contributed by atoms with E-state index in [0.717, 1.165) is 33.0 Å². The highest BCUT2D eigenvalue weighted by Crippen LogP contribution is 2.43. The topological polar surface area (TPSA) is 49.7 Å². The lowest BCUT2D eigenvalue weighted by Gasteiger charge is -2.37. The van der Waals surface area contributed by atoms with Gasteiger partial charge in [-0.25, -0.2) is 0 Å². The Morgan fingerprint density at radius 2 is 1.14 bits per heavy atom. The largest absolute Gasteiger partial charge is 0.509 e. The standard InChI is InChI=1S/C13H16B6O3/c14-5-1-3-11(7(16)9(5)20)22-12-4(13(3,18)19)2-6(15)10(21)8(12)17/h1-2,20-21H,14-19H2. The summed E-state index contributed by atoms with van der Waals surface area (Å²) in [6, 6.07) is 4.00. The quantitative estimate of drug-likeness (QED) is 0.474. The number of benzene rings is 2. The number of hydrogen-bond acceptors (Lipinski definition) is 3. The van der Waals surface area contributed by atoms with Crippen molar-refractivity contribution in [2.75, 3.05) is 0 Å². The van der Waals surface area contributed by atoms with Gasteiger partial charge in [0.05, 0.1) is 0 Å². The first-order valence-electron chi connectivity index (χ1n) is 7.51. The fourth-order valence-electron chi connectivity index (χ4n) is 3.35. The second-order valence-electron chi connectivity index (χ2n) is 6.81. The second kappa shape index (κ2) is 4.61. The van der Waals surface area contributed by atoms with Crippen molar-refractivity contribution < 1.29 is 14.9 Å². The fraction of sp³-hybridized carbons (Fsp3) is 0.0769. The van der Waals surface area contributed by atoms with Crippen LogP contribution in [-0.4, -0.2) is 57.3 Å². The molecule has 0 fully saturated rings. The lowest BCUT2D eigenvalue weighted by molar-refractivity contribution is 0.441. The normalized spacial score (nSPS) is 14.7. The number of phenols is 2. The Bertz CT molecular complexity index is 753. The van der Waals surface area contributed by atoms with E-state index in [1.165, 1.54) is 0 Å². The van der Waals surface area contributed by atoms with Crippen LogP contribution >= 0.6 is 0 Å². The van der Waals surface area contributed by atoms with Gasteiger partial charge in [0, 0.05) is 0 Å². The fourth-order valence-corrected chi connectivity index (χ4v) is 3.35. The van der Waals surface area contributed by atoms with Crippen molar-refractivity contribution in [1.82, 2.24) is 0 Å². The van der Waals surface area contributed by atoms with Crippen molar-refractivity contribution in [1.29, 1.82) is 0 Å². The van der Waals surface area contributed by atoms with Crippen molar-refractivity contribution >= 4 is 68.9 Å². The average molecular weight is 285 g/mol. The van der Waals surface area contributed by atoms with Gasteiger partial charge in [-0.15, -0.1) is 0 Å². The van der Waals surface area contributed by atoms with E-state index >= 15 is 0 Å². The van der Waals surface area contributed by atoms with Gasteiger partial charge in [-0.2, -0.15) is 0 Å². The lowest BCUT2D eigenvalue weighted by atomic mass is 9.45. The van der Waals surface area contributed by atoms with Gasteiger partial charge in [-0.1, -0.05) is 12.1 Å². The Labute approximate surface area is 135 Å². The van der Waals surface area contributed by atoms with Crippen LogP contribution in [0.5, 0.6) is 23.0 Å². The summed E-state index contributed by atoms with van der Waals surface area (Å²) in [6.45, 7) is 0. The monoisotopic (exact) mass is 286 g/mol. The summed E-state index contributed by atoms with van der Waals surface area (Å²) in [6.07, 6.45) is 0. The molecule has 1 aliphatic rings. The third-order valence-corrected chi connectivity index (χ3v) is 4.90. The minimum atomic E-state index is -0.255. The molecule has 2 N–H and O–H groups in total. The van der Waals surface area contributed by atoms with Crippen molar-refractivity contribution in [3.05, 3.63) is 23.3 Å². The number of aromatic hydroxyl groups is 2. The third-order valence-electron chi connectivity index (χ3n) is 4.90. The van der Waals surface area contributed by atoms with Gasteiger partial charge < -0.3 is 14.9 Å². The summed E-state index contributed by atoms with van der Waals surface area (Å²) >= 11 is 0. The maximum absolute atomic E-state index is 10.2. The van der Waals surface area contributed by atoms with Gasteiger partial charge >= 0.3 is 0 Å². The molecule has 3 rings (SSSR count). The van der Waals surface area contributed by atoms with Crippen LogP contribution in [0.1, 0.15) is 11.1 Å². The van der Waals surface area contributed by atoms with E-state index in [2.05, 4.69) is 15.7 Å². The zero-order valence-corrected chi connectivity index (χ0v) is 14.0. The summed E-state index contributed by atoms with van der Waals surface area (Å²) in [5, 5.41) is 20.2. The molecule has 0 aromatic heterocycles. The molecule has 0 spiro atoms. The van der Waals surface area contributed by atoms with Crippen molar-refractivity contribution in [2.24, 2.45) is 0 Å². The minimum absolute atomic E-state index is 0.255. The van der Waals surface area contributed by atoms with Gasteiger partial charge in [0.1, 0.15) is 70.1 Å². The average Bonchev–Trinajstić information content (AvgIpc) is 2.45. The molecule has 3 nitrogen and oxygen atoms in total. The Morgan fingerprint density at radius 3 is 1.50 bits per heavy atom. The molecule has 0 atom stereocenters. The van der Waals surface area contributed by atoms with Crippen LogP contribution in [0.4, 0.5) is 0 Å². The summed E-state index contributed by atoms with van der Waals surface area (Å²) < 4.78 is 6.13. The zero-order chi connectivity index (χ0) is 16.4. The van der Waals surface area contributed by atoms with Crippen LogP contribution in [-0.2, 0) is 5.21 Å². The maximum atomic E-state index is 10.2. The minimum Gasteiger partial charge on any atom is -0.509 e. The molecule has 2 aromatic carbocycles. The molecule has 0 radical (unpaired) electrons. The molecule has 9 heteroatoms. The van der Waals surface area contributed by atoms with Crippen LogP contribution in [0.2, 0.25) is 0 Å². The van der Waals surface area contributed by atoms with E-state index in [0.29, 0.717) is 11.5 Å². The first-order valence-corrected chi connectivity index (χ1v) is 7.51. The van der Waals surface area contributed by atoms with Gasteiger partial charge in [0.15, 0.2) is 0 Å². The highest BCUT2D eigenvalue weighted by atomic mass is 16.5. The summed E-state index contributed by atoms with van der Waals surface area (Å²) in [4.78, 5) is 0. The molecule has 0 bridgehead atoms. The van der Waals surface area contributed by atoms with E-state index < -0.39 is 0 Å². The van der Waals surface area contributed by atoms with Crippen molar-refractivity contribution in [3.63, 3.8) is 0 Å². The molecule has 2 aromatic rings. The molecule has 0 saturated carbocycles. The molecule has 0 unspecified atom stereocenters. The molecule has 1 aliphatic heterocycles. The molecular formula is C13H16B6O3. The Morgan fingerprint density at radius 1 is 0.773 bits per heavy atom. The summed E-state index contributed by atoms with van der Waals surface area (Å²) in [5.74, 6) is 1.94. The van der Waals surface area contributed by atoms with E-state index in [4.69, 9.17) is 4.74 Å². The van der Waals surface area contributed by atoms with Crippen molar-refractivity contribution in [3.8, 4) is 23.0 Å². The van der Waals surface area contributed by atoms with E-state index in [9.17, 15) is 10.2 Å². The maximum Gasteiger partial charge on any atom is 0.149 e. The number of phenolic OH excluding ortho intramolecular Hbond substituents is 2. The van der Waals surface area contributed by atoms with Crippen LogP contribution < -0.4 is 26.6 Å². The molecular weight excluding hydrogens is 269 g/mol. The molecule has 22 heavy (non-hydrogen) atoms. The highest BCUT2D eigenvalue weighted by molar-refractivity contribution is 6.48. The van der Waals surface area contributed by atoms with Crippen LogP contribution in [0.3, 0.4) is 0 Å². The predicted octanol–water partition coefficient (Wildman–Crippen LogP) is -6.30. The van der Waals surface area contributed by atoms with Crippen LogP contribution in [0.25, 0.3) is 0 Å². The van der Waals surface area contributed by atoms with E-state index in [-0.39, 0.29) is 16.7 Å². The highest BCUT2D eigenvalue weighted by Gasteiger charge is 2.37. The zero-order valence-electron chi connectivity index (χ0n) is 14.0. The SMILES string of the molecule is Bc1cc2c(c(B)c1O)Oc1c(cc(B)c(O)c1B)C2(B)B. The van der Waals surface area contributed by atoms with Crippen molar-refractivity contribution in [2.45, 2.75) is 5.21 Å².